The van der Waals surface area contributed by atoms with Crippen LogP contribution < -0.4 is 5.32 Å². The number of nitrogens with zero attached hydrogens (tertiary/aromatic N) is 2. The highest BCUT2D eigenvalue weighted by molar-refractivity contribution is 5.76. The Morgan fingerprint density at radius 1 is 1.22 bits per heavy atom. The van der Waals surface area contributed by atoms with E-state index in [0.29, 0.717) is 13.1 Å². The Morgan fingerprint density at radius 2 is 1.78 bits per heavy atom. The third kappa shape index (κ3) is 5.86. The van der Waals surface area contributed by atoms with Crippen LogP contribution in [0.3, 0.4) is 0 Å². The summed E-state index contributed by atoms with van der Waals surface area (Å²) in [4.78, 5) is 26.1. The van der Waals surface area contributed by atoms with Gasteiger partial charge < -0.3 is 20.2 Å². The molecule has 0 rings (SSSR count). The maximum Gasteiger partial charge on any atom is 0.320 e. The monoisotopic (exact) mass is 259 g/mol. The van der Waals surface area contributed by atoms with Crippen LogP contribution in [0, 0.1) is 0 Å². The van der Waals surface area contributed by atoms with Crippen molar-refractivity contribution < 1.29 is 14.7 Å². The lowest BCUT2D eigenvalue weighted by Gasteiger charge is -2.38. The maximum absolute atomic E-state index is 12.2. The van der Waals surface area contributed by atoms with Crippen LogP contribution in [-0.4, -0.2) is 66.2 Å². The van der Waals surface area contributed by atoms with Gasteiger partial charge in [0, 0.05) is 32.2 Å². The van der Waals surface area contributed by atoms with E-state index in [1.807, 2.05) is 27.8 Å². The van der Waals surface area contributed by atoms with Gasteiger partial charge in [-0.2, -0.15) is 0 Å². The molecular formula is C12H25N3O3. The summed E-state index contributed by atoms with van der Waals surface area (Å²) in [6.07, 6.45) is -0.0388. The summed E-state index contributed by atoms with van der Waals surface area (Å²) in [5.41, 5.74) is -0.388. The maximum atomic E-state index is 12.2. The third-order valence-corrected chi connectivity index (χ3v) is 2.61. The molecule has 0 atom stereocenters. The fraction of sp³-hybridized carbons (Fsp3) is 0.833. The lowest BCUT2D eigenvalue weighted by atomic mass is 10.1. The Bertz CT molecular complexity index is 287. The Morgan fingerprint density at radius 3 is 2.17 bits per heavy atom. The van der Waals surface area contributed by atoms with Crippen molar-refractivity contribution in [2.45, 2.75) is 32.7 Å². The molecule has 0 aromatic carbocycles. The first kappa shape index (κ1) is 16.7. The number of amides is 2. The third-order valence-electron chi connectivity index (χ3n) is 2.61. The van der Waals surface area contributed by atoms with Crippen LogP contribution in [0.5, 0.6) is 0 Å². The van der Waals surface area contributed by atoms with E-state index in [2.05, 4.69) is 5.32 Å². The minimum atomic E-state index is -0.894. The second kappa shape index (κ2) is 7.20. The zero-order valence-electron chi connectivity index (χ0n) is 12.0. The van der Waals surface area contributed by atoms with Gasteiger partial charge in [0.15, 0.2) is 0 Å². The highest BCUT2D eigenvalue weighted by atomic mass is 16.4. The average Bonchev–Trinajstić information content (AvgIpc) is 2.23. The van der Waals surface area contributed by atoms with E-state index in [4.69, 9.17) is 5.11 Å². The predicted octanol–water partition coefficient (Wildman–Crippen LogP) is 0.833. The number of carbonyl (C=O) groups is 2. The van der Waals surface area contributed by atoms with Crippen LogP contribution in [0.1, 0.15) is 27.2 Å². The molecule has 0 heterocycles. The molecule has 106 valence electrons. The Labute approximate surface area is 109 Å². The summed E-state index contributed by atoms with van der Waals surface area (Å²) in [6.45, 7) is 7.23. The predicted molar refractivity (Wildman–Crippen MR) is 70.7 cm³/mol. The van der Waals surface area contributed by atoms with E-state index < -0.39 is 5.97 Å². The molecule has 0 aliphatic carbocycles. The number of urea groups is 1. The molecule has 2 amide bonds. The van der Waals surface area contributed by atoms with E-state index >= 15 is 0 Å². The Hall–Kier alpha value is -1.30. The molecule has 6 nitrogen and oxygen atoms in total. The molecule has 0 aliphatic rings. The lowest BCUT2D eigenvalue weighted by Crippen LogP contribution is -2.52. The largest absolute Gasteiger partial charge is 0.481 e. The van der Waals surface area contributed by atoms with Gasteiger partial charge in [0.05, 0.1) is 6.42 Å². The lowest BCUT2D eigenvalue weighted by molar-refractivity contribution is -0.137. The van der Waals surface area contributed by atoms with Crippen molar-refractivity contribution in [3.05, 3.63) is 0 Å². The number of likely N-dealkylation sites (N-methyl/N-ethyl adjacent to an activating group) is 2. The first-order valence-electron chi connectivity index (χ1n) is 6.09. The molecule has 0 radical (unpaired) electrons. The van der Waals surface area contributed by atoms with Crippen LogP contribution in [-0.2, 0) is 4.79 Å². The van der Waals surface area contributed by atoms with E-state index in [9.17, 15) is 9.59 Å². The SMILES string of the molecule is CNCCN(C)C(=O)N(CCC(=O)O)C(C)(C)C. The molecule has 0 bridgehead atoms. The molecule has 0 saturated heterocycles. The minimum Gasteiger partial charge on any atom is -0.481 e. The molecule has 0 aliphatic heterocycles. The normalized spacial score (nSPS) is 11.2. The highest BCUT2D eigenvalue weighted by Gasteiger charge is 2.28. The van der Waals surface area contributed by atoms with Crippen LogP contribution >= 0.6 is 0 Å². The molecule has 0 saturated carbocycles. The fourth-order valence-corrected chi connectivity index (χ4v) is 1.51. The van der Waals surface area contributed by atoms with Gasteiger partial charge in [-0.25, -0.2) is 4.79 Å². The minimum absolute atomic E-state index is 0.0388. The Balaban J connectivity index is 4.64. The molecule has 6 heteroatoms. The summed E-state index contributed by atoms with van der Waals surface area (Å²) >= 11 is 0. The molecule has 0 spiro atoms. The molecule has 0 fully saturated rings. The summed E-state index contributed by atoms with van der Waals surface area (Å²) in [7, 11) is 3.55. The number of aliphatic carboxylic acids is 1. The van der Waals surface area contributed by atoms with E-state index in [1.165, 1.54) is 0 Å². The number of rotatable bonds is 6. The molecule has 2 N–H and O–H groups in total. The van der Waals surface area contributed by atoms with Gasteiger partial charge in [-0.05, 0) is 27.8 Å². The molecular weight excluding hydrogens is 234 g/mol. The van der Waals surface area contributed by atoms with Crippen molar-refractivity contribution >= 4 is 12.0 Å². The van der Waals surface area contributed by atoms with Crippen LogP contribution in [0.2, 0.25) is 0 Å². The number of nitrogens with one attached hydrogen (secondary N) is 1. The average molecular weight is 259 g/mol. The zero-order valence-corrected chi connectivity index (χ0v) is 12.0. The Kier molecular flexibility index (Phi) is 6.68. The zero-order chi connectivity index (χ0) is 14.3. The smallest absolute Gasteiger partial charge is 0.320 e. The van der Waals surface area contributed by atoms with E-state index in [1.54, 1.807) is 16.8 Å². The second-order valence-corrected chi connectivity index (χ2v) is 5.27. The molecule has 0 aromatic heterocycles. The van der Waals surface area contributed by atoms with Gasteiger partial charge in [0.2, 0.25) is 0 Å². The van der Waals surface area contributed by atoms with Crippen molar-refractivity contribution in [1.82, 2.24) is 15.1 Å². The topological polar surface area (TPSA) is 72.9 Å². The molecule has 18 heavy (non-hydrogen) atoms. The van der Waals surface area contributed by atoms with Crippen molar-refractivity contribution in [3.8, 4) is 0 Å². The van der Waals surface area contributed by atoms with Crippen molar-refractivity contribution in [3.63, 3.8) is 0 Å². The quantitative estimate of drug-likeness (QED) is 0.741. The summed E-state index contributed by atoms with van der Waals surface area (Å²) in [6, 6.07) is -0.140. The van der Waals surface area contributed by atoms with E-state index in [0.717, 1.165) is 0 Å². The number of hydrogen-bond acceptors (Lipinski definition) is 3. The van der Waals surface area contributed by atoms with Crippen molar-refractivity contribution in [2.24, 2.45) is 0 Å². The van der Waals surface area contributed by atoms with Crippen molar-refractivity contribution in [1.29, 1.82) is 0 Å². The van der Waals surface area contributed by atoms with E-state index in [-0.39, 0.29) is 24.5 Å². The first-order chi connectivity index (χ1) is 8.20. The first-order valence-corrected chi connectivity index (χ1v) is 6.09. The van der Waals surface area contributed by atoms with Crippen LogP contribution in [0.4, 0.5) is 4.79 Å². The van der Waals surface area contributed by atoms with Crippen molar-refractivity contribution in [2.75, 3.05) is 33.7 Å². The van der Waals surface area contributed by atoms with Gasteiger partial charge in [0.1, 0.15) is 0 Å². The number of carbonyl (C=O) groups excluding carboxylic acids is 1. The summed E-state index contributed by atoms with van der Waals surface area (Å²) in [5, 5.41) is 11.7. The van der Waals surface area contributed by atoms with Crippen LogP contribution in [0.25, 0.3) is 0 Å². The number of hydrogen-bond donors (Lipinski definition) is 2. The van der Waals surface area contributed by atoms with Gasteiger partial charge in [0.25, 0.3) is 0 Å². The molecule has 0 unspecified atom stereocenters. The van der Waals surface area contributed by atoms with Gasteiger partial charge in [-0.15, -0.1) is 0 Å². The fourth-order valence-electron chi connectivity index (χ4n) is 1.51. The molecule has 0 aromatic rings. The standard InChI is InChI=1S/C12H25N3O3/c1-12(2,3)15(8-6-10(16)17)11(18)14(5)9-7-13-4/h13H,6-9H2,1-5H3,(H,16,17). The van der Waals surface area contributed by atoms with Crippen LogP contribution in [0.15, 0.2) is 0 Å². The van der Waals surface area contributed by atoms with Gasteiger partial charge in [-0.3, -0.25) is 4.79 Å². The summed E-state index contributed by atoms with van der Waals surface area (Å²) < 4.78 is 0. The summed E-state index contributed by atoms with van der Waals surface area (Å²) in [5.74, 6) is -0.894. The number of carboxylic acid groups (broad SMARTS) is 1. The second-order valence-electron chi connectivity index (χ2n) is 5.27. The highest BCUT2D eigenvalue weighted by Crippen LogP contribution is 2.15. The number of carboxylic acids is 1. The van der Waals surface area contributed by atoms with Gasteiger partial charge >= 0.3 is 12.0 Å². The van der Waals surface area contributed by atoms with Gasteiger partial charge in [-0.1, -0.05) is 0 Å².